The van der Waals surface area contributed by atoms with Crippen molar-refractivity contribution in [2.75, 3.05) is 32.8 Å². The van der Waals surface area contributed by atoms with Gasteiger partial charge >= 0.3 is 0 Å². The van der Waals surface area contributed by atoms with Crippen molar-refractivity contribution < 1.29 is 14.3 Å². The summed E-state index contributed by atoms with van der Waals surface area (Å²) in [5, 5.41) is 12.2. The highest BCUT2D eigenvalue weighted by atomic mass is 16.5. The number of tetrazole rings is 1. The molecule has 1 unspecified atom stereocenters. The summed E-state index contributed by atoms with van der Waals surface area (Å²) in [5.74, 6) is 2.28. The lowest BCUT2D eigenvalue weighted by atomic mass is 10.2. The smallest absolute Gasteiger partial charge is 0.263 e. The average Bonchev–Trinajstić information content (AvgIpc) is 3.28. The van der Waals surface area contributed by atoms with Gasteiger partial charge in [0.2, 0.25) is 0 Å². The molecule has 0 aliphatic carbocycles. The molecule has 1 aliphatic rings. The van der Waals surface area contributed by atoms with Crippen molar-refractivity contribution >= 4 is 5.91 Å². The number of para-hydroxylation sites is 1. The highest BCUT2D eigenvalue weighted by molar-refractivity contribution is 5.81. The summed E-state index contributed by atoms with van der Waals surface area (Å²) < 4.78 is 13.0. The first-order valence-corrected chi connectivity index (χ1v) is 10.9. The molecule has 1 fully saturated rings. The van der Waals surface area contributed by atoms with Crippen LogP contribution in [0.1, 0.15) is 19.7 Å². The van der Waals surface area contributed by atoms with Crippen LogP contribution in [0, 0.1) is 0 Å². The molecule has 1 aliphatic heterocycles. The largest absolute Gasteiger partial charge is 0.494 e. The maximum absolute atomic E-state index is 12.8. The number of benzene rings is 2. The quantitative estimate of drug-likeness (QED) is 0.535. The zero-order valence-corrected chi connectivity index (χ0v) is 18.4. The molecule has 1 aromatic heterocycles. The van der Waals surface area contributed by atoms with Gasteiger partial charge in [-0.15, -0.1) is 5.10 Å². The van der Waals surface area contributed by atoms with Crippen LogP contribution in [0.25, 0.3) is 5.69 Å². The molecule has 9 heteroatoms. The summed E-state index contributed by atoms with van der Waals surface area (Å²) in [5.41, 5.74) is 0.883. The van der Waals surface area contributed by atoms with E-state index in [4.69, 9.17) is 9.47 Å². The minimum Gasteiger partial charge on any atom is -0.494 e. The molecule has 2 aromatic carbocycles. The van der Waals surface area contributed by atoms with Crippen LogP contribution in [0.3, 0.4) is 0 Å². The fourth-order valence-electron chi connectivity index (χ4n) is 3.69. The third-order valence-electron chi connectivity index (χ3n) is 5.38. The molecule has 168 valence electrons. The Morgan fingerprint density at radius 3 is 2.41 bits per heavy atom. The molecule has 1 atom stereocenters. The van der Waals surface area contributed by atoms with Gasteiger partial charge in [-0.25, -0.2) is 0 Å². The predicted octanol–water partition coefficient (Wildman–Crippen LogP) is 2.17. The fourth-order valence-corrected chi connectivity index (χ4v) is 3.69. The number of aromatic nitrogens is 4. The molecule has 9 nitrogen and oxygen atoms in total. The molecular weight excluding hydrogens is 408 g/mol. The maximum atomic E-state index is 12.8. The van der Waals surface area contributed by atoms with Crippen LogP contribution >= 0.6 is 0 Å². The lowest BCUT2D eigenvalue weighted by Gasteiger charge is -2.35. The standard InChI is InChI=1S/C23H28N6O3/c1-3-31-20-11-9-19(10-12-20)29-22(24-25-26-29)17-27-13-15-28(16-14-27)23(30)18(2)32-21-7-5-4-6-8-21/h4-12,18H,3,13-17H2,1-2H3. The van der Waals surface area contributed by atoms with E-state index in [9.17, 15) is 4.79 Å². The normalized spacial score (nSPS) is 15.4. The van der Waals surface area contributed by atoms with E-state index in [1.165, 1.54) is 0 Å². The van der Waals surface area contributed by atoms with Crippen molar-refractivity contribution in [3.05, 3.63) is 60.4 Å². The van der Waals surface area contributed by atoms with E-state index in [-0.39, 0.29) is 5.91 Å². The summed E-state index contributed by atoms with van der Waals surface area (Å²) in [6, 6.07) is 17.1. The van der Waals surface area contributed by atoms with Gasteiger partial charge in [0.1, 0.15) is 11.5 Å². The average molecular weight is 437 g/mol. The fraction of sp³-hybridized carbons (Fsp3) is 0.391. The highest BCUT2D eigenvalue weighted by Gasteiger charge is 2.27. The van der Waals surface area contributed by atoms with Crippen LogP contribution in [-0.4, -0.2) is 74.8 Å². The van der Waals surface area contributed by atoms with E-state index in [1.54, 1.807) is 11.6 Å². The Morgan fingerprint density at radius 2 is 1.72 bits per heavy atom. The van der Waals surface area contributed by atoms with Gasteiger partial charge in [0, 0.05) is 26.2 Å². The van der Waals surface area contributed by atoms with Crippen LogP contribution in [0.5, 0.6) is 11.5 Å². The van der Waals surface area contributed by atoms with Crippen molar-refractivity contribution in [1.29, 1.82) is 0 Å². The molecule has 1 saturated heterocycles. The molecule has 4 rings (SSSR count). The Hall–Kier alpha value is -3.46. The van der Waals surface area contributed by atoms with Crippen LogP contribution in [0.4, 0.5) is 0 Å². The number of nitrogens with zero attached hydrogens (tertiary/aromatic N) is 6. The molecular formula is C23H28N6O3. The number of amides is 1. The molecule has 0 radical (unpaired) electrons. The lowest BCUT2D eigenvalue weighted by Crippen LogP contribution is -2.51. The van der Waals surface area contributed by atoms with Crippen molar-refractivity contribution in [2.24, 2.45) is 0 Å². The number of rotatable bonds is 8. The minimum absolute atomic E-state index is 0.00715. The second-order valence-electron chi connectivity index (χ2n) is 7.61. The molecule has 2 heterocycles. The summed E-state index contributed by atoms with van der Waals surface area (Å²) in [4.78, 5) is 16.9. The summed E-state index contributed by atoms with van der Waals surface area (Å²) in [6.07, 6.45) is -0.518. The SMILES string of the molecule is CCOc1ccc(-n2nnnc2CN2CCN(C(=O)C(C)Oc3ccccc3)CC2)cc1. The second-order valence-corrected chi connectivity index (χ2v) is 7.61. The van der Waals surface area contributed by atoms with Crippen LogP contribution in [0.15, 0.2) is 54.6 Å². The van der Waals surface area contributed by atoms with Crippen LogP contribution in [-0.2, 0) is 11.3 Å². The molecule has 0 saturated carbocycles. The Labute approximate surface area is 187 Å². The van der Waals surface area contributed by atoms with E-state index in [0.29, 0.717) is 32.0 Å². The monoisotopic (exact) mass is 436 g/mol. The number of carbonyl (C=O) groups excluding carboxylic acids is 1. The van der Waals surface area contributed by atoms with Gasteiger partial charge in [-0.1, -0.05) is 18.2 Å². The lowest BCUT2D eigenvalue weighted by molar-refractivity contribution is -0.139. The van der Waals surface area contributed by atoms with E-state index < -0.39 is 6.10 Å². The molecule has 32 heavy (non-hydrogen) atoms. The molecule has 0 N–H and O–H groups in total. The first kappa shape index (κ1) is 21.8. The first-order valence-electron chi connectivity index (χ1n) is 10.9. The first-order chi connectivity index (χ1) is 15.6. The number of hydrogen-bond acceptors (Lipinski definition) is 7. The van der Waals surface area contributed by atoms with Gasteiger partial charge in [0.05, 0.1) is 18.8 Å². The van der Waals surface area contributed by atoms with E-state index >= 15 is 0 Å². The van der Waals surface area contributed by atoms with Gasteiger partial charge in [-0.2, -0.15) is 4.68 Å². The zero-order valence-electron chi connectivity index (χ0n) is 18.4. The molecule has 3 aromatic rings. The Bertz CT molecular complexity index is 1000. The molecule has 1 amide bonds. The van der Waals surface area contributed by atoms with E-state index in [0.717, 1.165) is 30.4 Å². The zero-order chi connectivity index (χ0) is 22.3. The van der Waals surface area contributed by atoms with Crippen LogP contribution < -0.4 is 9.47 Å². The van der Waals surface area contributed by atoms with Crippen molar-refractivity contribution in [3.63, 3.8) is 0 Å². The van der Waals surface area contributed by atoms with Crippen molar-refractivity contribution in [3.8, 4) is 17.2 Å². The Morgan fingerprint density at radius 1 is 1.00 bits per heavy atom. The third kappa shape index (κ3) is 5.23. The predicted molar refractivity (Wildman–Crippen MR) is 119 cm³/mol. The third-order valence-corrected chi connectivity index (χ3v) is 5.38. The minimum atomic E-state index is -0.518. The van der Waals surface area contributed by atoms with Crippen molar-refractivity contribution in [2.45, 2.75) is 26.5 Å². The number of hydrogen-bond donors (Lipinski definition) is 0. The Balaban J connectivity index is 1.31. The molecule has 0 bridgehead atoms. The maximum Gasteiger partial charge on any atom is 0.263 e. The van der Waals surface area contributed by atoms with Crippen molar-refractivity contribution in [1.82, 2.24) is 30.0 Å². The number of piperazine rings is 1. The number of carbonyl (C=O) groups is 1. The highest BCUT2D eigenvalue weighted by Crippen LogP contribution is 2.17. The topological polar surface area (TPSA) is 85.6 Å². The summed E-state index contributed by atoms with van der Waals surface area (Å²) in [7, 11) is 0. The Kier molecular flexibility index (Phi) is 6.96. The van der Waals surface area contributed by atoms with E-state index in [2.05, 4.69) is 20.4 Å². The van der Waals surface area contributed by atoms with Gasteiger partial charge in [0.15, 0.2) is 11.9 Å². The molecule has 0 spiro atoms. The van der Waals surface area contributed by atoms with Crippen LogP contribution in [0.2, 0.25) is 0 Å². The van der Waals surface area contributed by atoms with Gasteiger partial charge in [-0.05, 0) is 60.7 Å². The van der Waals surface area contributed by atoms with Gasteiger partial charge < -0.3 is 14.4 Å². The summed E-state index contributed by atoms with van der Waals surface area (Å²) >= 11 is 0. The second kappa shape index (κ2) is 10.2. The van der Waals surface area contributed by atoms with Gasteiger partial charge in [0.25, 0.3) is 5.91 Å². The summed E-state index contributed by atoms with van der Waals surface area (Å²) in [6.45, 7) is 7.78. The van der Waals surface area contributed by atoms with Gasteiger partial charge in [-0.3, -0.25) is 9.69 Å². The van der Waals surface area contributed by atoms with E-state index in [1.807, 2.05) is 66.4 Å². The number of ether oxygens (including phenoxy) is 2.